The molecule has 3 N–H and O–H groups in total. The number of hydrogen-bond donors (Lipinski definition) is 3. The zero-order valence-corrected chi connectivity index (χ0v) is 9.12. The molecule has 0 rings (SSSR count). The van der Waals surface area contributed by atoms with Gasteiger partial charge in [-0.2, -0.15) is 0 Å². The fraction of sp³-hybridized carbons (Fsp3) is 0.600. The van der Waals surface area contributed by atoms with E-state index in [-0.39, 0.29) is 12.6 Å². The number of urea groups is 1. The summed E-state index contributed by atoms with van der Waals surface area (Å²) in [7, 11) is 0. The van der Waals surface area contributed by atoms with E-state index in [9.17, 15) is 9.59 Å². The minimum atomic E-state index is -0.913. The predicted molar refractivity (Wildman–Crippen MR) is 57.6 cm³/mol. The third-order valence-corrected chi connectivity index (χ3v) is 1.82. The van der Waals surface area contributed by atoms with Crippen LogP contribution in [0, 0.1) is 5.92 Å². The molecule has 1 unspecified atom stereocenters. The van der Waals surface area contributed by atoms with Gasteiger partial charge in [0.15, 0.2) is 0 Å². The van der Waals surface area contributed by atoms with Crippen molar-refractivity contribution in [3.05, 3.63) is 12.2 Å². The second-order valence-electron chi connectivity index (χ2n) is 3.23. The molecule has 0 radical (unpaired) electrons. The molecule has 0 aliphatic carbocycles. The minimum absolute atomic E-state index is 0.144. The molecule has 0 aromatic rings. The van der Waals surface area contributed by atoms with Gasteiger partial charge >= 0.3 is 12.0 Å². The monoisotopic (exact) mass is 214 g/mol. The highest BCUT2D eigenvalue weighted by Crippen LogP contribution is 1.90. The van der Waals surface area contributed by atoms with Crippen LogP contribution in [-0.2, 0) is 4.79 Å². The molecule has 0 spiro atoms. The van der Waals surface area contributed by atoms with Crippen molar-refractivity contribution in [2.24, 2.45) is 5.92 Å². The number of carbonyl (C=O) groups is 2. The quantitative estimate of drug-likeness (QED) is 0.455. The van der Waals surface area contributed by atoms with Crippen LogP contribution in [0.1, 0.15) is 20.3 Å². The number of nitrogens with one attached hydrogen (secondary N) is 2. The summed E-state index contributed by atoms with van der Waals surface area (Å²) in [6.45, 7) is 4.15. The normalized spacial score (nSPS) is 12.4. The number of allylic oxidation sites excluding steroid dienone is 1. The standard InChI is InChI=1S/C10H18N2O3/c1-3-4-5-6-11-10(15)12-7-8(2)9(13)14/h3-4,8H,5-7H2,1-2H3,(H,13,14)(H2,11,12,15)/b4-3+. The summed E-state index contributed by atoms with van der Waals surface area (Å²) in [6, 6.07) is -0.326. The molecule has 86 valence electrons. The van der Waals surface area contributed by atoms with Crippen molar-refractivity contribution in [1.29, 1.82) is 0 Å². The summed E-state index contributed by atoms with van der Waals surface area (Å²) in [5.41, 5.74) is 0. The van der Waals surface area contributed by atoms with Crippen molar-refractivity contribution < 1.29 is 14.7 Å². The van der Waals surface area contributed by atoms with Crippen LogP contribution < -0.4 is 10.6 Å². The maximum atomic E-state index is 11.1. The second kappa shape index (κ2) is 7.84. The SMILES string of the molecule is C/C=C/CCNC(=O)NCC(C)C(=O)O. The van der Waals surface area contributed by atoms with Crippen LogP contribution >= 0.6 is 0 Å². The number of aliphatic carboxylic acids is 1. The molecule has 0 aliphatic heterocycles. The van der Waals surface area contributed by atoms with Gasteiger partial charge in [0.1, 0.15) is 0 Å². The van der Waals surface area contributed by atoms with Crippen molar-refractivity contribution in [2.75, 3.05) is 13.1 Å². The third-order valence-electron chi connectivity index (χ3n) is 1.82. The Morgan fingerprint density at radius 2 is 2.07 bits per heavy atom. The number of rotatable bonds is 6. The molecule has 0 aromatic heterocycles. The average Bonchev–Trinajstić information content (AvgIpc) is 2.20. The van der Waals surface area contributed by atoms with Crippen LogP contribution in [-0.4, -0.2) is 30.2 Å². The number of amides is 2. The van der Waals surface area contributed by atoms with E-state index in [0.29, 0.717) is 6.54 Å². The van der Waals surface area contributed by atoms with E-state index in [1.54, 1.807) is 6.92 Å². The number of carbonyl (C=O) groups excluding carboxylic acids is 1. The molecule has 5 nitrogen and oxygen atoms in total. The van der Waals surface area contributed by atoms with E-state index in [2.05, 4.69) is 10.6 Å². The summed E-state index contributed by atoms with van der Waals surface area (Å²) in [5.74, 6) is -1.48. The second-order valence-corrected chi connectivity index (χ2v) is 3.23. The molecule has 1 atom stereocenters. The van der Waals surface area contributed by atoms with Gasteiger partial charge in [0.05, 0.1) is 5.92 Å². The largest absolute Gasteiger partial charge is 0.481 e. The zero-order valence-electron chi connectivity index (χ0n) is 9.12. The van der Waals surface area contributed by atoms with Crippen LogP contribution in [0.5, 0.6) is 0 Å². The first kappa shape index (κ1) is 13.5. The summed E-state index contributed by atoms with van der Waals surface area (Å²) in [5, 5.41) is 13.7. The smallest absolute Gasteiger partial charge is 0.314 e. The fourth-order valence-corrected chi connectivity index (χ4v) is 0.831. The van der Waals surface area contributed by atoms with Gasteiger partial charge in [0.2, 0.25) is 0 Å². The lowest BCUT2D eigenvalue weighted by Crippen LogP contribution is -2.39. The Hall–Kier alpha value is -1.52. The van der Waals surface area contributed by atoms with E-state index in [1.165, 1.54) is 0 Å². The van der Waals surface area contributed by atoms with E-state index in [1.807, 2.05) is 19.1 Å². The minimum Gasteiger partial charge on any atom is -0.481 e. The van der Waals surface area contributed by atoms with Gasteiger partial charge in [-0.15, -0.1) is 0 Å². The molecule has 0 fully saturated rings. The molecule has 15 heavy (non-hydrogen) atoms. The van der Waals surface area contributed by atoms with Gasteiger partial charge in [0.25, 0.3) is 0 Å². The zero-order chi connectivity index (χ0) is 11.7. The van der Waals surface area contributed by atoms with Gasteiger partial charge in [-0.1, -0.05) is 19.1 Å². The third kappa shape index (κ3) is 7.54. The Balaban J connectivity index is 3.53. The van der Waals surface area contributed by atoms with Gasteiger partial charge in [-0.25, -0.2) is 4.79 Å². The molecule has 0 bridgehead atoms. The predicted octanol–water partition coefficient (Wildman–Crippen LogP) is 0.972. The number of carboxylic acid groups (broad SMARTS) is 1. The molecule has 2 amide bonds. The molecule has 5 heteroatoms. The average molecular weight is 214 g/mol. The highest BCUT2D eigenvalue weighted by atomic mass is 16.4. The molecule has 0 saturated carbocycles. The van der Waals surface area contributed by atoms with Crippen molar-refractivity contribution >= 4 is 12.0 Å². The van der Waals surface area contributed by atoms with E-state index in [0.717, 1.165) is 6.42 Å². The Labute approximate surface area is 89.6 Å². The van der Waals surface area contributed by atoms with Crippen LogP contribution in [0.2, 0.25) is 0 Å². The van der Waals surface area contributed by atoms with Gasteiger partial charge < -0.3 is 15.7 Å². The van der Waals surface area contributed by atoms with Crippen molar-refractivity contribution in [3.63, 3.8) is 0 Å². The summed E-state index contributed by atoms with van der Waals surface area (Å²) < 4.78 is 0. The lowest BCUT2D eigenvalue weighted by atomic mass is 10.2. The first-order valence-corrected chi connectivity index (χ1v) is 4.93. The highest BCUT2D eigenvalue weighted by molar-refractivity contribution is 5.75. The highest BCUT2D eigenvalue weighted by Gasteiger charge is 2.11. The lowest BCUT2D eigenvalue weighted by molar-refractivity contribution is -0.140. The van der Waals surface area contributed by atoms with E-state index >= 15 is 0 Å². The first-order chi connectivity index (χ1) is 7.07. The van der Waals surface area contributed by atoms with Crippen LogP contribution in [0.3, 0.4) is 0 Å². The van der Waals surface area contributed by atoms with Crippen molar-refractivity contribution in [2.45, 2.75) is 20.3 Å². The number of carboxylic acids is 1. The van der Waals surface area contributed by atoms with E-state index < -0.39 is 11.9 Å². The van der Waals surface area contributed by atoms with Crippen LogP contribution in [0.25, 0.3) is 0 Å². The van der Waals surface area contributed by atoms with E-state index in [4.69, 9.17) is 5.11 Å². The maximum Gasteiger partial charge on any atom is 0.314 e. The maximum absolute atomic E-state index is 11.1. The Morgan fingerprint density at radius 1 is 1.40 bits per heavy atom. The van der Waals surface area contributed by atoms with Crippen LogP contribution in [0.15, 0.2) is 12.2 Å². The van der Waals surface area contributed by atoms with Gasteiger partial charge in [-0.05, 0) is 13.3 Å². The summed E-state index contributed by atoms with van der Waals surface area (Å²) in [4.78, 5) is 21.5. The fourth-order valence-electron chi connectivity index (χ4n) is 0.831. The molecule has 0 aliphatic rings. The molecular weight excluding hydrogens is 196 g/mol. The van der Waals surface area contributed by atoms with Crippen molar-refractivity contribution in [3.8, 4) is 0 Å². The summed E-state index contributed by atoms with van der Waals surface area (Å²) >= 11 is 0. The molecule has 0 saturated heterocycles. The Kier molecular flexibility index (Phi) is 7.05. The first-order valence-electron chi connectivity index (χ1n) is 4.93. The topological polar surface area (TPSA) is 78.4 Å². The van der Waals surface area contributed by atoms with Gasteiger partial charge in [0, 0.05) is 13.1 Å². The lowest BCUT2D eigenvalue weighted by Gasteiger charge is -2.08. The Morgan fingerprint density at radius 3 is 2.60 bits per heavy atom. The molecule has 0 heterocycles. The molecular formula is C10H18N2O3. The van der Waals surface area contributed by atoms with Gasteiger partial charge in [-0.3, -0.25) is 4.79 Å². The Bertz CT molecular complexity index is 239. The molecule has 0 aromatic carbocycles. The van der Waals surface area contributed by atoms with Crippen molar-refractivity contribution in [1.82, 2.24) is 10.6 Å². The van der Waals surface area contributed by atoms with Crippen LogP contribution in [0.4, 0.5) is 4.79 Å². The summed E-state index contributed by atoms with van der Waals surface area (Å²) in [6.07, 6.45) is 4.63. The number of hydrogen-bond acceptors (Lipinski definition) is 2.